The van der Waals surface area contributed by atoms with Gasteiger partial charge in [0.05, 0.1) is 20.8 Å². The summed E-state index contributed by atoms with van der Waals surface area (Å²) < 4.78 is 17.1. The molecule has 0 bridgehead atoms. The molecule has 1 aromatic rings. The second-order valence-corrected chi connectivity index (χ2v) is 7.45. The van der Waals surface area contributed by atoms with Gasteiger partial charge in [0.15, 0.2) is 11.5 Å². The third-order valence-corrected chi connectivity index (χ3v) is 6.46. The number of hydrogen-bond donors (Lipinski definition) is 1. The van der Waals surface area contributed by atoms with Crippen LogP contribution in [0.4, 0.5) is 0 Å². The third kappa shape index (κ3) is 2.33. The highest BCUT2D eigenvalue weighted by molar-refractivity contribution is 5.46. The van der Waals surface area contributed by atoms with Crippen LogP contribution in [0.5, 0.6) is 11.5 Å². The van der Waals surface area contributed by atoms with Crippen molar-refractivity contribution in [2.24, 2.45) is 0 Å². The van der Waals surface area contributed by atoms with Crippen molar-refractivity contribution in [3.05, 3.63) is 23.8 Å². The predicted molar refractivity (Wildman–Crippen MR) is 92.8 cm³/mol. The molecule has 0 aromatic heterocycles. The Labute approximate surface area is 144 Å². The molecule has 2 aliphatic heterocycles. The second kappa shape index (κ2) is 5.90. The van der Waals surface area contributed by atoms with Gasteiger partial charge >= 0.3 is 0 Å². The maximum Gasteiger partial charge on any atom is 0.161 e. The van der Waals surface area contributed by atoms with Crippen molar-refractivity contribution in [2.45, 2.75) is 42.9 Å². The lowest BCUT2D eigenvalue weighted by Crippen LogP contribution is -2.56. The van der Waals surface area contributed by atoms with Gasteiger partial charge < -0.3 is 19.1 Å². The molecule has 5 nitrogen and oxygen atoms in total. The van der Waals surface area contributed by atoms with Crippen LogP contribution >= 0.6 is 0 Å². The molecule has 0 amide bonds. The summed E-state index contributed by atoms with van der Waals surface area (Å²) in [6.07, 6.45) is 4.47. The first-order valence-corrected chi connectivity index (χ1v) is 8.94. The summed E-state index contributed by atoms with van der Waals surface area (Å²) in [7, 11) is 5.65. The van der Waals surface area contributed by atoms with Crippen molar-refractivity contribution in [1.82, 2.24) is 10.2 Å². The molecule has 3 atom stereocenters. The maximum atomic E-state index is 6.12. The van der Waals surface area contributed by atoms with Crippen LogP contribution < -0.4 is 14.8 Å². The third-order valence-electron chi connectivity index (χ3n) is 6.46. The van der Waals surface area contributed by atoms with E-state index in [0.29, 0.717) is 6.04 Å². The Bertz CT molecular complexity index is 615. The van der Waals surface area contributed by atoms with Crippen LogP contribution in [-0.2, 0) is 10.2 Å². The molecule has 1 N–H and O–H groups in total. The summed E-state index contributed by atoms with van der Waals surface area (Å²) in [6, 6.07) is 6.96. The lowest BCUT2D eigenvalue weighted by atomic mass is 9.64. The molecular formula is C19H28N2O3. The Hall–Kier alpha value is -1.30. The van der Waals surface area contributed by atoms with Crippen molar-refractivity contribution in [3.8, 4) is 11.5 Å². The van der Waals surface area contributed by atoms with Crippen LogP contribution in [0.2, 0.25) is 0 Å². The van der Waals surface area contributed by atoms with Crippen LogP contribution in [0.1, 0.15) is 31.2 Å². The Balaban J connectivity index is 1.70. The average molecular weight is 332 g/mol. The smallest absolute Gasteiger partial charge is 0.161 e. The van der Waals surface area contributed by atoms with E-state index in [0.717, 1.165) is 50.5 Å². The molecule has 1 aliphatic carbocycles. The van der Waals surface area contributed by atoms with Crippen molar-refractivity contribution < 1.29 is 14.2 Å². The van der Waals surface area contributed by atoms with Gasteiger partial charge in [0, 0.05) is 24.4 Å². The topological polar surface area (TPSA) is 43.0 Å². The number of likely N-dealkylation sites (tertiary alicyclic amines) is 1. The summed E-state index contributed by atoms with van der Waals surface area (Å²) in [6.45, 7) is 2.94. The monoisotopic (exact) mass is 332 g/mol. The number of likely N-dealkylation sites (N-methyl/N-ethyl adjacent to an activating group) is 1. The van der Waals surface area contributed by atoms with Gasteiger partial charge in [-0.05, 0) is 50.6 Å². The first-order valence-electron chi connectivity index (χ1n) is 8.94. The molecule has 5 heteroatoms. The van der Waals surface area contributed by atoms with Crippen LogP contribution in [0.15, 0.2) is 18.2 Å². The van der Waals surface area contributed by atoms with Gasteiger partial charge in [0.25, 0.3) is 0 Å². The lowest BCUT2D eigenvalue weighted by Gasteiger charge is -2.48. The minimum Gasteiger partial charge on any atom is -0.493 e. The Morgan fingerprint density at radius 1 is 1.17 bits per heavy atom. The molecule has 1 unspecified atom stereocenters. The Morgan fingerprint density at radius 2 is 2.00 bits per heavy atom. The van der Waals surface area contributed by atoms with Crippen LogP contribution in [0, 0.1) is 0 Å². The molecule has 0 radical (unpaired) electrons. The fourth-order valence-corrected chi connectivity index (χ4v) is 5.10. The number of nitrogens with one attached hydrogen (secondary N) is 1. The minimum absolute atomic E-state index is 0.108. The van der Waals surface area contributed by atoms with Crippen LogP contribution in [-0.4, -0.2) is 57.6 Å². The number of rotatable bonds is 3. The van der Waals surface area contributed by atoms with E-state index >= 15 is 0 Å². The molecular weight excluding hydrogens is 304 g/mol. The summed E-state index contributed by atoms with van der Waals surface area (Å²) in [5, 5.41) is 3.62. The van der Waals surface area contributed by atoms with E-state index in [1.807, 2.05) is 6.07 Å². The fraction of sp³-hybridized carbons (Fsp3) is 0.684. The number of fused-ring (bicyclic) bond motifs is 1. The van der Waals surface area contributed by atoms with Crippen molar-refractivity contribution >= 4 is 0 Å². The maximum absolute atomic E-state index is 6.12. The number of hydrogen-bond acceptors (Lipinski definition) is 5. The van der Waals surface area contributed by atoms with Gasteiger partial charge in [-0.1, -0.05) is 6.07 Å². The number of methoxy groups -OCH3 is 2. The van der Waals surface area contributed by atoms with Gasteiger partial charge in [-0.25, -0.2) is 0 Å². The van der Waals surface area contributed by atoms with Crippen molar-refractivity contribution in [3.63, 3.8) is 0 Å². The molecule has 3 fully saturated rings. The zero-order valence-electron chi connectivity index (χ0n) is 14.9. The first kappa shape index (κ1) is 16.2. The normalized spacial score (nSPS) is 36.0. The molecule has 1 spiro atoms. The first-order chi connectivity index (χ1) is 11.6. The molecule has 2 saturated heterocycles. The molecule has 2 heterocycles. The van der Waals surface area contributed by atoms with Crippen LogP contribution in [0.3, 0.4) is 0 Å². The zero-order valence-corrected chi connectivity index (χ0v) is 14.9. The number of benzene rings is 1. The minimum atomic E-state index is -0.108. The molecule has 4 rings (SSSR count). The summed E-state index contributed by atoms with van der Waals surface area (Å²) in [5.41, 5.74) is 1.46. The molecule has 1 saturated carbocycles. The van der Waals surface area contributed by atoms with Gasteiger partial charge in [-0.3, -0.25) is 5.32 Å². The van der Waals surface area contributed by atoms with E-state index in [9.17, 15) is 0 Å². The van der Waals surface area contributed by atoms with Gasteiger partial charge in [0.1, 0.15) is 5.72 Å². The quantitative estimate of drug-likeness (QED) is 0.919. The molecule has 3 aliphatic rings. The highest BCUT2D eigenvalue weighted by atomic mass is 16.5. The van der Waals surface area contributed by atoms with Crippen molar-refractivity contribution in [2.75, 3.05) is 41.0 Å². The standard InChI is InChI=1S/C19H28N2O3/c1-21-10-8-18(14-4-5-15(22-2)16(12-14)23-3)6-7-19(13-17(18)21)20-9-11-24-19/h4-5,12,17,20H,6-11,13H2,1-3H3/t17-,18-,19?/m0/s1. The van der Waals surface area contributed by atoms with Gasteiger partial charge in [0.2, 0.25) is 0 Å². The summed E-state index contributed by atoms with van der Waals surface area (Å²) in [4.78, 5) is 2.51. The van der Waals surface area contributed by atoms with E-state index in [2.05, 4.69) is 29.4 Å². The zero-order chi connectivity index (χ0) is 16.8. The van der Waals surface area contributed by atoms with E-state index in [-0.39, 0.29) is 11.1 Å². The summed E-state index contributed by atoms with van der Waals surface area (Å²) in [5.74, 6) is 1.63. The van der Waals surface area contributed by atoms with E-state index in [1.54, 1.807) is 14.2 Å². The Kier molecular flexibility index (Phi) is 3.98. The highest BCUT2D eigenvalue weighted by Gasteiger charge is 2.55. The van der Waals surface area contributed by atoms with Crippen LogP contribution in [0.25, 0.3) is 0 Å². The van der Waals surface area contributed by atoms with Gasteiger partial charge in [-0.15, -0.1) is 0 Å². The average Bonchev–Trinajstić information content (AvgIpc) is 3.21. The molecule has 1 aromatic carbocycles. The predicted octanol–water partition coefficient (Wildman–Crippen LogP) is 2.15. The Morgan fingerprint density at radius 3 is 2.71 bits per heavy atom. The highest BCUT2D eigenvalue weighted by Crippen LogP contribution is 2.52. The number of nitrogens with zero attached hydrogens (tertiary/aromatic N) is 1. The largest absolute Gasteiger partial charge is 0.493 e. The fourth-order valence-electron chi connectivity index (χ4n) is 5.10. The van der Waals surface area contributed by atoms with E-state index in [1.165, 1.54) is 12.0 Å². The lowest BCUT2D eigenvalue weighted by molar-refractivity contribution is -0.0707. The van der Waals surface area contributed by atoms with E-state index in [4.69, 9.17) is 14.2 Å². The SMILES string of the molecule is COc1ccc([C@]23CCN(C)[C@H]2CC2(CC3)NCCO2)cc1OC. The molecule has 132 valence electrons. The summed E-state index contributed by atoms with van der Waals surface area (Å²) >= 11 is 0. The van der Waals surface area contributed by atoms with Gasteiger partial charge in [-0.2, -0.15) is 0 Å². The number of ether oxygens (including phenoxy) is 3. The van der Waals surface area contributed by atoms with Crippen molar-refractivity contribution in [1.29, 1.82) is 0 Å². The molecule has 24 heavy (non-hydrogen) atoms. The van der Waals surface area contributed by atoms with E-state index < -0.39 is 0 Å². The second-order valence-electron chi connectivity index (χ2n) is 7.45.